The molecule has 0 amide bonds. The summed E-state index contributed by atoms with van der Waals surface area (Å²) in [4.78, 5) is 24.3. The normalized spacial score (nSPS) is 25.0. The van der Waals surface area contributed by atoms with E-state index in [2.05, 4.69) is 0 Å². The Bertz CT molecular complexity index is 672. The van der Waals surface area contributed by atoms with Gasteiger partial charge < -0.3 is 14.9 Å². The molecule has 0 bridgehead atoms. The van der Waals surface area contributed by atoms with Gasteiger partial charge in [0.05, 0.1) is 25.2 Å². The Kier molecular flexibility index (Phi) is 4.57. The number of ether oxygens (including phenoxy) is 1. The van der Waals surface area contributed by atoms with E-state index in [9.17, 15) is 14.7 Å². The van der Waals surface area contributed by atoms with Crippen molar-refractivity contribution in [3.63, 3.8) is 0 Å². The fourth-order valence-corrected chi connectivity index (χ4v) is 2.37. The quantitative estimate of drug-likeness (QED) is 0.726. The second-order valence-corrected chi connectivity index (χ2v) is 4.98. The largest absolute Gasteiger partial charge is 0.394 e. The van der Waals surface area contributed by atoms with Crippen LogP contribution in [-0.2, 0) is 11.3 Å². The van der Waals surface area contributed by atoms with Crippen molar-refractivity contribution in [1.29, 1.82) is 5.26 Å². The molecule has 0 saturated carbocycles. The first-order chi connectivity index (χ1) is 9.99. The summed E-state index contributed by atoms with van der Waals surface area (Å²) >= 11 is 0. The summed E-state index contributed by atoms with van der Waals surface area (Å²) in [7, 11) is 0. The van der Waals surface area contributed by atoms with Gasteiger partial charge in [-0.15, -0.1) is 0 Å². The molecule has 1 aromatic rings. The van der Waals surface area contributed by atoms with E-state index in [4.69, 9.17) is 15.1 Å². The average Bonchev–Trinajstić information content (AvgIpc) is 2.84. The monoisotopic (exact) mass is 295 g/mol. The van der Waals surface area contributed by atoms with Crippen LogP contribution in [0.25, 0.3) is 0 Å². The zero-order chi connectivity index (χ0) is 15.6. The van der Waals surface area contributed by atoms with Crippen molar-refractivity contribution in [3.8, 4) is 6.07 Å². The molecule has 8 heteroatoms. The highest BCUT2D eigenvalue weighted by atomic mass is 16.5. The molecular weight excluding hydrogens is 278 g/mol. The maximum atomic E-state index is 12.3. The minimum absolute atomic E-state index is 0.00848. The van der Waals surface area contributed by atoms with Crippen LogP contribution < -0.4 is 11.2 Å². The molecule has 8 nitrogen and oxygen atoms in total. The van der Waals surface area contributed by atoms with Crippen molar-refractivity contribution in [2.45, 2.75) is 44.7 Å². The molecule has 0 aliphatic carbocycles. The fraction of sp³-hybridized carbons (Fsp3) is 0.615. The van der Waals surface area contributed by atoms with E-state index in [0.717, 1.165) is 4.57 Å². The van der Waals surface area contributed by atoms with Crippen molar-refractivity contribution in [3.05, 3.63) is 32.6 Å². The Morgan fingerprint density at radius 1 is 1.52 bits per heavy atom. The summed E-state index contributed by atoms with van der Waals surface area (Å²) in [5, 5.41) is 27.4. The van der Waals surface area contributed by atoms with Gasteiger partial charge in [-0.3, -0.25) is 13.9 Å². The van der Waals surface area contributed by atoms with Gasteiger partial charge in [-0.1, -0.05) is 0 Å². The van der Waals surface area contributed by atoms with Gasteiger partial charge >= 0.3 is 5.69 Å². The number of hydrogen-bond acceptors (Lipinski definition) is 6. The van der Waals surface area contributed by atoms with Crippen LogP contribution in [0.5, 0.6) is 0 Å². The zero-order valence-corrected chi connectivity index (χ0v) is 11.6. The molecule has 2 heterocycles. The van der Waals surface area contributed by atoms with Gasteiger partial charge in [0.1, 0.15) is 12.3 Å². The van der Waals surface area contributed by atoms with Crippen LogP contribution in [-0.4, -0.2) is 38.2 Å². The van der Waals surface area contributed by atoms with Crippen molar-refractivity contribution in [2.24, 2.45) is 0 Å². The second kappa shape index (κ2) is 6.22. The highest BCUT2D eigenvalue weighted by molar-refractivity contribution is 5.04. The Balaban J connectivity index is 2.42. The molecule has 0 aromatic carbocycles. The number of aryl methyl sites for hydroxylation is 1. The molecule has 0 unspecified atom stereocenters. The smallest absolute Gasteiger partial charge is 0.333 e. The molecule has 21 heavy (non-hydrogen) atoms. The van der Waals surface area contributed by atoms with Crippen LogP contribution in [0, 0.1) is 18.3 Å². The molecule has 1 saturated heterocycles. The Labute approximate surface area is 120 Å². The Morgan fingerprint density at radius 2 is 2.24 bits per heavy atom. The predicted molar refractivity (Wildman–Crippen MR) is 71.5 cm³/mol. The van der Waals surface area contributed by atoms with Crippen molar-refractivity contribution in [1.82, 2.24) is 9.13 Å². The molecule has 114 valence electrons. The number of nitrogens with zero attached hydrogens (tertiary/aromatic N) is 3. The first-order valence-electron chi connectivity index (χ1n) is 6.63. The summed E-state index contributed by atoms with van der Waals surface area (Å²) < 4.78 is 7.64. The van der Waals surface area contributed by atoms with Gasteiger partial charge in [0.15, 0.2) is 0 Å². The first kappa shape index (κ1) is 15.4. The molecule has 1 fully saturated rings. The topological polar surface area (TPSA) is 117 Å². The lowest BCUT2D eigenvalue weighted by Crippen LogP contribution is -2.42. The molecule has 2 N–H and O–H groups in total. The third kappa shape index (κ3) is 2.90. The molecule has 2 rings (SSSR count). The second-order valence-electron chi connectivity index (χ2n) is 4.98. The number of aliphatic hydroxyl groups excluding tert-OH is 2. The van der Waals surface area contributed by atoms with E-state index in [1.807, 2.05) is 6.07 Å². The van der Waals surface area contributed by atoms with Crippen molar-refractivity contribution >= 4 is 0 Å². The van der Waals surface area contributed by atoms with Gasteiger partial charge in [-0.2, -0.15) is 5.26 Å². The minimum Gasteiger partial charge on any atom is -0.394 e. The summed E-state index contributed by atoms with van der Waals surface area (Å²) in [5.41, 5.74) is -0.682. The molecule has 0 radical (unpaired) electrons. The minimum atomic E-state index is -0.869. The lowest BCUT2D eigenvalue weighted by atomic mass is 10.2. The third-order valence-corrected chi connectivity index (χ3v) is 3.51. The van der Waals surface area contributed by atoms with Crippen molar-refractivity contribution < 1.29 is 14.9 Å². The summed E-state index contributed by atoms with van der Waals surface area (Å²) in [6.45, 7) is 1.23. The Hall–Kier alpha value is -1.95. The van der Waals surface area contributed by atoms with E-state index in [0.29, 0.717) is 5.56 Å². The van der Waals surface area contributed by atoms with Crippen LogP contribution in [0.2, 0.25) is 0 Å². The highest BCUT2D eigenvalue weighted by Crippen LogP contribution is 2.27. The van der Waals surface area contributed by atoms with E-state index in [1.165, 1.54) is 10.8 Å². The summed E-state index contributed by atoms with van der Waals surface area (Å²) in [6, 6.07) is 1.89. The summed E-state index contributed by atoms with van der Waals surface area (Å²) in [5.74, 6) is 0. The van der Waals surface area contributed by atoms with Crippen LogP contribution in [0.15, 0.2) is 15.8 Å². The molecule has 1 aliphatic heterocycles. The highest BCUT2D eigenvalue weighted by Gasteiger charge is 2.35. The lowest BCUT2D eigenvalue weighted by molar-refractivity contribution is -0.0463. The number of aromatic nitrogens is 2. The van der Waals surface area contributed by atoms with E-state index >= 15 is 0 Å². The zero-order valence-electron chi connectivity index (χ0n) is 11.6. The molecule has 1 aliphatic rings. The van der Waals surface area contributed by atoms with Gasteiger partial charge in [-0.05, 0) is 6.92 Å². The lowest BCUT2D eigenvalue weighted by Gasteiger charge is -2.17. The predicted octanol–water partition coefficient (Wildman–Crippen LogP) is -1.13. The van der Waals surface area contributed by atoms with Gasteiger partial charge in [-0.25, -0.2) is 4.79 Å². The maximum absolute atomic E-state index is 12.3. The molecule has 3 atom stereocenters. The number of nitriles is 1. The van der Waals surface area contributed by atoms with Crippen molar-refractivity contribution in [2.75, 3.05) is 6.61 Å². The third-order valence-electron chi connectivity index (χ3n) is 3.51. The van der Waals surface area contributed by atoms with Gasteiger partial charge in [0.2, 0.25) is 0 Å². The number of aliphatic hydroxyl groups is 2. The van der Waals surface area contributed by atoms with Crippen LogP contribution >= 0.6 is 0 Å². The van der Waals surface area contributed by atoms with Gasteiger partial charge in [0, 0.05) is 24.7 Å². The molecule has 0 spiro atoms. The van der Waals surface area contributed by atoms with Gasteiger partial charge in [0.25, 0.3) is 5.56 Å². The molecular formula is C13H17N3O5. The number of hydrogen-bond donors (Lipinski definition) is 2. The van der Waals surface area contributed by atoms with E-state index in [1.54, 1.807) is 6.92 Å². The maximum Gasteiger partial charge on any atom is 0.333 e. The van der Waals surface area contributed by atoms with Crippen LogP contribution in [0.3, 0.4) is 0 Å². The average molecular weight is 295 g/mol. The standard InChI is InChI=1S/C13H17N3O5/c1-8-6-16(11-5-9(18)10(7-17)21-11)13(20)15(12(8)19)4-2-3-14/h6,9-11,17-18H,2,4-5,7H2,1H3/t9-,10+,11+/m0/s1. The van der Waals surface area contributed by atoms with Crippen LogP contribution in [0.1, 0.15) is 24.6 Å². The van der Waals surface area contributed by atoms with E-state index < -0.39 is 29.7 Å². The first-order valence-corrected chi connectivity index (χ1v) is 6.63. The SMILES string of the molecule is Cc1cn([C@H]2C[C@H](O)[C@@H](CO)O2)c(=O)n(CCC#N)c1=O. The van der Waals surface area contributed by atoms with E-state index in [-0.39, 0.29) is 26.0 Å². The van der Waals surface area contributed by atoms with Crippen LogP contribution in [0.4, 0.5) is 0 Å². The summed E-state index contributed by atoms with van der Waals surface area (Å²) in [6.07, 6.45) is -0.775. The Morgan fingerprint density at radius 3 is 2.81 bits per heavy atom. The molecule has 1 aromatic heterocycles. The number of rotatable bonds is 4. The fourth-order valence-electron chi connectivity index (χ4n) is 2.37.